The molecule has 84 valence electrons. The Morgan fingerprint density at radius 2 is 2.27 bits per heavy atom. The third-order valence-corrected chi connectivity index (χ3v) is 2.83. The standard InChI is InChI=1S/C9H16N4OS/c1-5(2)4-12-8(14)6-7(10)13-9(11-3)15-6/h5H,4,10H2,1-3H3,(H,11,13)(H,12,14). The maximum absolute atomic E-state index is 11.7. The number of nitrogens with one attached hydrogen (secondary N) is 2. The van der Waals surface area contributed by atoms with Crippen LogP contribution in [0.2, 0.25) is 0 Å². The Morgan fingerprint density at radius 1 is 1.60 bits per heavy atom. The zero-order valence-electron chi connectivity index (χ0n) is 9.13. The number of hydrogen-bond acceptors (Lipinski definition) is 5. The van der Waals surface area contributed by atoms with E-state index in [2.05, 4.69) is 15.6 Å². The Hall–Kier alpha value is -1.30. The van der Waals surface area contributed by atoms with E-state index in [1.165, 1.54) is 11.3 Å². The number of nitrogen functional groups attached to an aromatic ring is 1. The smallest absolute Gasteiger partial charge is 0.265 e. The zero-order valence-corrected chi connectivity index (χ0v) is 9.94. The highest BCUT2D eigenvalue weighted by Gasteiger charge is 2.15. The summed E-state index contributed by atoms with van der Waals surface area (Å²) in [6.07, 6.45) is 0. The van der Waals surface area contributed by atoms with Crippen LogP contribution >= 0.6 is 11.3 Å². The number of aromatic nitrogens is 1. The molecular weight excluding hydrogens is 212 g/mol. The molecule has 1 aromatic rings. The quantitative estimate of drug-likeness (QED) is 0.722. The number of thiazole rings is 1. The van der Waals surface area contributed by atoms with Gasteiger partial charge in [0.05, 0.1) is 0 Å². The van der Waals surface area contributed by atoms with Crippen LogP contribution in [0.25, 0.3) is 0 Å². The summed E-state index contributed by atoms with van der Waals surface area (Å²) in [6, 6.07) is 0. The monoisotopic (exact) mass is 228 g/mol. The fourth-order valence-electron chi connectivity index (χ4n) is 0.979. The van der Waals surface area contributed by atoms with E-state index in [9.17, 15) is 4.79 Å². The van der Waals surface area contributed by atoms with Crippen molar-refractivity contribution in [2.24, 2.45) is 5.92 Å². The van der Waals surface area contributed by atoms with Gasteiger partial charge in [-0.2, -0.15) is 0 Å². The van der Waals surface area contributed by atoms with Crippen LogP contribution in [-0.2, 0) is 0 Å². The van der Waals surface area contributed by atoms with E-state index in [4.69, 9.17) is 5.73 Å². The highest BCUT2D eigenvalue weighted by Crippen LogP contribution is 2.24. The molecule has 0 aromatic carbocycles. The van der Waals surface area contributed by atoms with Gasteiger partial charge >= 0.3 is 0 Å². The average Bonchev–Trinajstić information content (AvgIpc) is 2.56. The molecule has 5 nitrogen and oxygen atoms in total. The topological polar surface area (TPSA) is 80.0 Å². The van der Waals surface area contributed by atoms with Gasteiger partial charge in [0.15, 0.2) is 5.13 Å². The molecule has 0 unspecified atom stereocenters. The first-order valence-electron chi connectivity index (χ1n) is 4.76. The van der Waals surface area contributed by atoms with E-state index >= 15 is 0 Å². The minimum Gasteiger partial charge on any atom is -0.382 e. The first-order chi connectivity index (χ1) is 7.04. The Bertz CT molecular complexity index is 348. The van der Waals surface area contributed by atoms with Gasteiger partial charge in [0.2, 0.25) is 0 Å². The van der Waals surface area contributed by atoms with Crippen molar-refractivity contribution in [2.45, 2.75) is 13.8 Å². The second kappa shape index (κ2) is 4.97. The van der Waals surface area contributed by atoms with E-state index in [1.54, 1.807) is 7.05 Å². The lowest BCUT2D eigenvalue weighted by atomic mass is 10.2. The summed E-state index contributed by atoms with van der Waals surface area (Å²) in [5, 5.41) is 6.31. The number of nitrogens with zero attached hydrogens (tertiary/aromatic N) is 1. The summed E-state index contributed by atoms with van der Waals surface area (Å²) in [5.41, 5.74) is 5.62. The third-order valence-electron chi connectivity index (χ3n) is 1.74. The van der Waals surface area contributed by atoms with Crippen molar-refractivity contribution < 1.29 is 4.79 Å². The predicted molar refractivity (Wildman–Crippen MR) is 63.2 cm³/mol. The van der Waals surface area contributed by atoms with Gasteiger partial charge in [0.1, 0.15) is 10.7 Å². The minimum atomic E-state index is -0.153. The summed E-state index contributed by atoms with van der Waals surface area (Å²) < 4.78 is 0. The van der Waals surface area contributed by atoms with Crippen LogP contribution in [0.4, 0.5) is 10.9 Å². The molecule has 0 aliphatic carbocycles. The Morgan fingerprint density at radius 3 is 2.73 bits per heavy atom. The van der Waals surface area contributed by atoms with Crippen molar-refractivity contribution in [1.29, 1.82) is 0 Å². The fourth-order valence-corrected chi connectivity index (χ4v) is 1.73. The van der Waals surface area contributed by atoms with Crippen molar-refractivity contribution >= 4 is 28.2 Å². The summed E-state index contributed by atoms with van der Waals surface area (Å²) >= 11 is 1.26. The molecule has 1 amide bonds. The number of anilines is 2. The Kier molecular flexibility index (Phi) is 3.90. The van der Waals surface area contributed by atoms with E-state index in [0.29, 0.717) is 22.5 Å². The van der Waals surface area contributed by atoms with Crippen molar-refractivity contribution in [1.82, 2.24) is 10.3 Å². The molecule has 0 aliphatic rings. The molecular formula is C9H16N4OS. The van der Waals surface area contributed by atoms with Gasteiger partial charge in [0.25, 0.3) is 5.91 Å². The number of amides is 1. The zero-order chi connectivity index (χ0) is 11.4. The largest absolute Gasteiger partial charge is 0.382 e. The third kappa shape index (κ3) is 3.09. The van der Waals surface area contributed by atoms with Gasteiger partial charge in [-0.25, -0.2) is 4.98 Å². The van der Waals surface area contributed by atoms with Crippen LogP contribution in [-0.4, -0.2) is 24.5 Å². The molecule has 6 heteroatoms. The second-order valence-electron chi connectivity index (χ2n) is 3.59. The van der Waals surface area contributed by atoms with Crippen LogP contribution < -0.4 is 16.4 Å². The van der Waals surface area contributed by atoms with Crippen molar-refractivity contribution in [2.75, 3.05) is 24.6 Å². The molecule has 0 bridgehead atoms. The van der Waals surface area contributed by atoms with Gasteiger partial charge in [-0.15, -0.1) is 0 Å². The van der Waals surface area contributed by atoms with Gasteiger partial charge in [-0.3, -0.25) is 4.79 Å². The van der Waals surface area contributed by atoms with Gasteiger partial charge < -0.3 is 16.4 Å². The molecule has 0 spiro atoms. The molecule has 0 aliphatic heterocycles. The van der Waals surface area contributed by atoms with E-state index < -0.39 is 0 Å². The molecule has 1 heterocycles. The summed E-state index contributed by atoms with van der Waals surface area (Å²) in [7, 11) is 1.74. The first-order valence-corrected chi connectivity index (χ1v) is 5.58. The highest BCUT2D eigenvalue weighted by molar-refractivity contribution is 7.18. The molecule has 15 heavy (non-hydrogen) atoms. The van der Waals surface area contributed by atoms with Crippen LogP contribution in [0, 0.1) is 5.92 Å². The Labute approximate surface area is 93.1 Å². The lowest BCUT2D eigenvalue weighted by molar-refractivity contribution is 0.0953. The van der Waals surface area contributed by atoms with Crippen LogP contribution in [0.15, 0.2) is 0 Å². The van der Waals surface area contributed by atoms with E-state index in [-0.39, 0.29) is 11.7 Å². The molecule has 0 atom stereocenters. The summed E-state index contributed by atoms with van der Waals surface area (Å²) in [4.78, 5) is 16.1. The maximum Gasteiger partial charge on any atom is 0.265 e. The van der Waals surface area contributed by atoms with E-state index in [0.717, 1.165) is 0 Å². The van der Waals surface area contributed by atoms with Crippen molar-refractivity contribution in [3.63, 3.8) is 0 Å². The van der Waals surface area contributed by atoms with Crippen molar-refractivity contribution in [3.8, 4) is 0 Å². The molecule has 4 N–H and O–H groups in total. The van der Waals surface area contributed by atoms with Crippen LogP contribution in [0.1, 0.15) is 23.5 Å². The van der Waals surface area contributed by atoms with Gasteiger partial charge in [-0.05, 0) is 5.92 Å². The molecule has 1 aromatic heterocycles. The number of carbonyl (C=O) groups is 1. The molecule has 0 saturated heterocycles. The van der Waals surface area contributed by atoms with Gasteiger partial charge in [-0.1, -0.05) is 25.2 Å². The SMILES string of the molecule is CNc1nc(N)c(C(=O)NCC(C)C)s1. The van der Waals surface area contributed by atoms with Crippen LogP contribution in [0.3, 0.4) is 0 Å². The lowest BCUT2D eigenvalue weighted by Crippen LogP contribution is -2.27. The lowest BCUT2D eigenvalue weighted by Gasteiger charge is -2.05. The van der Waals surface area contributed by atoms with Crippen molar-refractivity contribution in [3.05, 3.63) is 4.88 Å². The number of nitrogens with two attached hydrogens (primary N) is 1. The number of carbonyl (C=O) groups excluding carboxylic acids is 1. The molecule has 0 fully saturated rings. The summed E-state index contributed by atoms with van der Waals surface area (Å²) in [5.74, 6) is 0.553. The molecule has 0 radical (unpaired) electrons. The fraction of sp³-hybridized carbons (Fsp3) is 0.556. The van der Waals surface area contributed by atoms with Gasteiger partial charge in [0, 0.05) is 13.6 Å². The van der Waals surface area contributed by atoms with Crippen LogP contribution in [0.5, 0.6) is 0 Å². The molecule has 1 rings (SSSR count). The maximum atomic E-state index is 11.7. The average molecular weight is 228 g/mol. The predicted octanol–water partition coefficient (Wildman–Crippen LogP) is 1.15. The Balaban J connectivity index is 2.68. The highest BCUT2D eigenvalue weighted by atomic mass is 32.1. The normalized spacial score (nSPS) is 10.4. The van der Waals surface area contributed by atoms with E-state index in [1.807, 2.05) is 13.8 Å². The number of hydrogen-bond donors (Lipinski definition) is 3. The summed E-state index contributed by atoms with van der Waals surface area (Å²) in [6.45, 7) is 4.72. The number of rotatable bonds is 4. The first kappa shape index (κ1) is 11.8. The molecule has 0 saturated carbocycles. The minimum absolute atomic E-state index is 0.153. The second-order valence-corrected chi connectivity index (χ2v) is 4.59.